The van der Waals surface area contributed by atoms with Crippen molar-refractivity contribution in [3.63, 3.8) is 0 Å². The normalized spacial score (nSPS) is 22.5. The molecule has 5 heterocycles. The maximum Gasteiger partial charge on any atom is 0.159 e. The van der Waals surface area contributed by atoms with E-state index in [2.05, 4.69) is 33.1 Å². The van der Waals surface area contributed by atoms with Gasteiger partial charge in [0.15, 0.2) is 15.5 Å². The number of sulfone groups is 1. The number of hydrogen-bond donors (Lipinski definition) is 0. The lowest BCUT2D eigenvalue weighted by Gasteiger charge is -2.33. The summed E-state index contributed by atoms with van der Waals surface area (Å²) in [4.78, 5) is 16.0. The Morgan fingerprint density at radius 3 is 2.53 bits per heavy atom. The molecule has 1 unspecified atom stereocenters. The topological polar surface area (TPSA) is 76.1 Å². The van der Waals surface area contributed by atoms with Gasteiger partial charge in [-0.15, -0.1) is 0 Å². The van der Waals surface area contributed by atoms with Gasteiger partial charge in [0.1, 0.15) is 0 Å². The highest BCUT2D eigenvalue weighted by molar-refractivity contribution is 7.91. The van der Waals surface area contributed by atoms with Gasteiger partial charge in [0.05, 0.1) is 11.5 Å². The van der Waals surface area contributed by atoms with Crippen molar-refractivity contribution in [1.29, 1.82) is 0 Å². The Morgan fingerprint density at radius 2 is 1.80 bits per heavy atom. The molecule has 2 fully saturated rings. The molecule has 2 aliphatic rings. The van der Waals surface area contributed by atoms with Gasteiger partial charge in [-0.1, -0.05) is 0 Å². The smallest absolute Gasteiger partial charge is 0.159 e. The number of nitrogens with zero attached hydrogens (tertiary/aromatic N) is 4. The molecule has 3 aromatic rings. The van der Waals surface area contributed by atoms with Crippen LogP contribution in [-0.2, 0) is 9.84 Å². The monoisotopic (exact) mass is 422 g/mol. The fourth-order valence-corrected chi connectivity index (χ4v) is 6.60. The van der Waals surface area contributed by atoms with Gasteiger partial charge in [-0.05, 0) is 74.2 Å². The lowest BCUT2D eigenvalue weighted by atomic mass is 9.92. The third-order valence-electron chi connectivity index (χ3n) is 6.43. The van der Waals surface area contributed by atoms with Crippen molar-refractivity contribution < 1.29 is 8.42 Å². The van der Waals surface area contributed by atoms with Crippen LogP contribution in [0.1, 0.15) is 30.9 Å². The van der Waals surface area contributed by atoms with Gasteiger partial charge < -0.3 is 4.90 Å². The van der Waals surface area contributed by atoms with Crippen molar-refractivity contribution >= 4 is 20.9 Å². The molecule has 0 saturated carbocycles. The summed E-state index contributed by atoms with van der Waals surface area (Å²) in [6.45, 7) is 2.93. The minimum Gasteiger partial charge on any atom is -0.303 e. The van der Waals surface area contributed by atoms with Crippen molar-refractivity contribution in [2.45, 2.75) is 25.2 Å². The van der Waals surface area contributed by atoms with Crippen molar-refractivity contribution in [3.05, 3.63) is 54.6 Å². The van der Waals surface area contributed by atoms with Crippen LogP contribution in [0.25, 0.3) is 22.2 Å². The van der Waals surface area contributed by atoms with E-state index >= 15 is 0 Å². The van der Waals surface area contributed by atoms with E-state index in [-0.39, 0.29) is 0 Å². The molecule has 156 valence electrons. The molecule has 0 aromatic carbocycles. The number of hydrogen-bond acceptors (Lipinski definition) is 6. The second-order valence-electron chi connectivity index (χ2n) is 8.59. The first kappa shape index (κ1) is 19.6. The molecule has 0 N–H and O–H groups in total. The predicted molar refractivity (Wildman–Crippen MR) is 118 cm³/mol. The minimum absolute atomic E-state index is 0.309. The molecular formula is C23H26N4O2S. The summed E-state index contributed by atoms with van der Waals surface area (Å²) in [5, 5.41) is 1.05. The summed E-state index contributed by atoms with van der Waals surface area (Å²) < 4.78 is 23.4. The van der Waals surface area contributed by atoms with E-state index in [9.17, 15) is 8.42 Å². The molecule has 3 aromatic heterocycles. The molecule has 2 saturated heterocycles. The van der Waals surface area contributed by atoms with Gasteiger partial charge in [0.25, 0.3) is 0 Å². The van der Waals surface area contributed by atoms with Gasteiger partial charge in [-0.3, -0.25) is 4.98 Å². The maximum absolute atomic E-state index is 11.7. The van der Waals surface area contributed by atoms with E-state index in [1.54, 1.807) is 12.4 Å². The molecule has 0 aliphatic carbocycles. The fourth-order valence-electron chi connectivity index (χ4n) is 4.75. The Morgan fingerprint density at radius 1 is 1.00 bits per heavy atom. The van der Waals surface area contributed by atoms with E-state index in [1.807, 2.05) is 18.3 Å². The third kappa shape index (κ3) is 4.23. The van der Waals surface area contributed by atoms with Crippen LogP contribution < -0.4 is 0 Å². The molecule has 0 spiro atoms. The number of likely N-dealkylation sites (tertiary alicyclic amines) is 1. The molecular weight excluding hydrogens is 396 g/mol. The molecule has 1 atom stereocenters. The highest BCUT2D eigenvalue weighted by Crippen LogP contribution is 2.30. The molecule has 2 aliphatic heterocycles. The van der Waals surface area contributed by atoms with Crippen LogP contribution >= 0.6 is 0 Å². The Labute approximate surface area is 177 Å². The second-order valence-corrected chi connectivity index (χ2v) is 10.8. The summed E-state index contributed by atoms with van der Waals surface area (Å²) in [5.41, 5.74) is 4.09. The predicted octanol–water partition coefficient (Wildman–Crippen LogP) is 3.31. The van der Waals surface area contributed by atoms with Crippen LogP contribution in [0.2, 0.25) is 0 Å². The van der Waals surface area contributed by atoms with Gasteiger partial charge in [0, 0.05) is 47.7 Å². The summed E-state index contributed by atoms with van der Waals surface area (Å²) in [6.07, 6.45) is 8.41. The van der Waals surface area contributed by atoms with Gasteiger partial charge in [-0.25, -0.2) is 18.4 Å². The fraction of sp³-hybridized carbons (Fsp3) is 0.435. The summed E-state index contributed by atoms with van der Waals surface area (Å²) in [6, 6.07) is 10.4. The van der Waals surface area contributed by atoms with Gasteiger partial charge in [0.2, 0.25) is 0 Å². The van der Waals surface area contributed by atoms with Crippen molar-refractivity contribution in [2.24, 2.45) is 5.92 Å². The van der Waals surface area contributed by atoms with Crippen LogP contribution in [-0.4, -0.2) is 59.4 Å². The average molecular weight is 423 g/mol. The Balaban J connectivity index is 1.24. The van der Waals surface area contributed by atoms with Crippen LogP contribution in [0, 0.1) is 5.92 Å². The first-order chi connectivity index (χ1) is 14.6. The van der Waals surface area contributed by atoms with E-state index < -0.39 is 9.84 Å². The van der Waals surface area contributed by atoms with E-state index in [1.165, 1.54) is 0 Å². The number of aromatic nitrogens is 3. The van der Waals surface area contributed by atoms with Crippen LogP contribution in [0.3, 0.4) is 0 Å². The van der Waals surface area contributed by atoms with E-state index in [0.717, 1.165) is 66.8 Å². The highest BCUT2D eigenvalue weighted by atomic mass is 32.2. The average Bonchev–Trinajstić information content (AvgIpc) is 3.12. The van der Waals surface area contributed by atoms with Gasteiger partial charge in [-0.2, -0.15) is 0 Å². The molecule has 0 bridgehead atoms. The molecule has 5 rings (SSSR count). The standard InChI is InChI=1S/C23H26N4O2S/c28-30(29)12-7-17(16-30)15-27-10-5-19(6-11-27)22-2-1-20-13-21(14-25-23(20)26-22)18-3-8-24-9-4-18/h1-4,8-9,13-14,17,19H,5-7,10-12,15-16H2. The van der Waals surface area contributed by atoms with Crippen LogP contribution in [0.15, 0.2) is 48.9 Å². The zero-order chi connectivity index (χ0) is 20.6. The number of pyridine rings is 3. The molecule has 6 nitrogen and oxygen atoms in total. The van der Waals surface area contributed by atoms with Crippen LogP contribution in [0.5, 0.6) is 0 Å². The quantitative estimate of drug-likeness (QED) is 0.642. The second kappa shape index (κ2) is 8.04. The maximum atomic E-state index is 11.7. The molecule has 0 amide bonds. The zero-order valence-electron chi connectivity index (χ0n) is 16.9. The number of piperidine rings is 1. The third-order valence-corrected chi connectivity index (χ3v) is 8.26. The lowest BCUT2D eigenvalue weighted by molar-refractivity contribution is 0.188. The van der Waals surface area contributed by atoms with Crippen molar-refractivity contribution in [2.75, 3.05) is 31.1 Å². The van der Waals surface area contributed by atoms with Crippen molar-refractivity contribution in [1.82, 2.24) is 19.9 Å². The van der Waals surface area contributed by atoms with E-state index in [4.69, 9.17) is 4.98 Å². The van der Waals surface area contributed by atoms with Crippen molar-refractivity contribution in [3.8, 4) is 11.1 Å². The number of fused-ring (bicyclic) bond motifs is 1. The Hall–Kier alpha value is -2.38. The summed E-state index contributed by atoms with van der Waals surface area (Å²) in [5.74, 6) is 1.49. The largest absolute Gasteiger partial charge is 0.303 e. The molecule has 0 radical (unpaired) electrons. The zero-order valence-corrected chi connectivity index (χ0v) is 17.8. The van der Waals surface area contributed by atoms with Crippen LogP contribution in [0.4, 0.5) is 0 Å². The molecule has 7 heteroatoms. The van der Waals surface area contributed by atoms with Gasteiger partial charge >= 0.3 is 0 Å². The highest BCUT2D eigenvalue weighted by Gasteiger charge is 2.30. The first-order valence-electron chi connectivity index (χ1n) is 10.7. The SMILES string of the molecule is O=S1(=O)CCC(CN2CCC(c3ccc4cc(-c5ccncc5)cnc4n3)CC2)C1. The number of rotatable bonds is 4. The summed E-state index contributed by atoms with van der Waals surface area (Å²) >= 11 is 0. The summed E-state index contributed by atoms with van der Waals surface area (Å²) in [7, 11) is -2.79. The lowest BCUT2D eigenvalue weighted by Crippen LogP contribution is -2.37. The molecule has 30 heavy (non-hydrogen) atoms. The van der Waals surface area contributed by atoms with E-state index in [0.29, 0.717) is 23.3 Å². The Kier molecular flexibility index (Phi) is 5.25. The minimum atomic E-state index is -2.79. The Bertz CT molecular complexity index is 1140. The first-order valence-corrected chi connectivity index (χ1v) is 12.5.